The first-order valence-electron chi connectivity index (χ1n) is 4.57. The molecule has 0 saturated heterocycles. The van der Waals surface area contributed by atoms with Gasteiger partial charge in [0, 0.05) is 18.5 Å². The van der Waals surface area contributed by atoms with Crippen LogP contribution >= 0.6 is 0 Å². The summed E-state index contributed by atoms with van der Waals surface area (Å²) in [6.07, 6.45) is 0. The van der Waals surface area contributed by atoms with Crippen LogP contribution in [0, 0.1) is 6.92 Å². The van der Waals surface area contributed by atoms with Crippen LogP contribution in [0.25, 0.3) is 11.0 Å². The second-order valence-corrected chi connectivity index (χ2v) is 3.29. The van der Waals surface area contributed by atoms with Crippen LogP contribution in [0.1, 0.15) is 16.1 Å². The number of carbonyl (C=O) groups is 1. The van der Waals surface area contributed by atoms with Gasteiger partial charge in [0.15, 0.2) is 0 Å². The SMILES string of the molecule is Cc1oc2cc(O)ccc2c1C(=O)N[12CH3]. The van der Waals surface area contributed by atoms with Crippen LogP contribution in [0.2, 0.25) is 0 Å². The molecule has 0 aliphatic carbocycles. The van der Waals surface area contributed by atoms with Gasteiger partial charge in [0.05, 0.1) is 5.56 Å². The summed E-state index contributed by atoms with van der Waals surface area (Å²) in [5.41, 5.74) is 1.04. The molecule has 0 radical (unpaired) electrons. The second-order valence-electron chi connectivity index (χ2n) is 3.29. The van der Waals surface area contributed by atoms with E-state index in [9.17, 15) is 9.90 Å². The molecule has 0 unspecified atom stereocenters. The van der Waals surface area contributed by atoms with E-state index in [1.54, 1.807) is 20.0 Å². The molecular formula is C11H11NO3. The van der Waals surface area contributed by atoms with Gasteiger partial charge in [0.1, 0.15) is 17.1 Å². The van der Waals surface area contributed by atoms with E-state index in [4.69, 9.17) is 4.42 Å². The molecule has 1 aromatic carbocycles. The second kappa shape index (κ2) is 3.31. The molecule has 78 valence electrons. The van der Waals surface area contributed by atoms with E-state index in [1.807, 2.05) is 0 Å². The lowest BCUT2D eigenvalue weighted by molar-refractivity contribution is 0.0963. The molecule has 4 heteroatoms. The predicted molar refractivity (Wildman–Crippen MR) is 56.0 cm³/mol. The first-order valence-corrected chi connectivity index (χ1v) is 4.57. The van der Waals surface area contributed by atoms with Crippen molar-refractivity contribution in [2.24, 2.45) is 0 Å². The minimum Gasteiger partial charge on any atom is -0.508 e. The van der Waals surface area contributed by atoms with Crippen LogP contribution in [0.4, 0.5) is 0 Å². The number of phenols is 1. The maximum absolute atomic E-state index is 11.6. The molecule has 15 heavy (non-hydrogen) atoms. The molecule has 1 heterocycles. The monoisotopic (exact) mass is 205 g/mol. The zero-order valence-corrected chi connectivity index (χ0v) is 8.50. The Balaban J connectivity index is 2.73. The summed E-state index contributed by atoms with van der Waals surface area (Å²) >= 11 is 0. The summed E-state index contributed by atoms with van der Waals surface area (Å²) in [4.78, 5) is 11.6. The van der Waals surface area contributed by atoms with Crippen LogP contribution in [-0.2, 0) is 0 Å². The van der Waals surface area contributed by atoms with Crippen LogP contribution in [0.5, 0.6) is 5.75 Å². The fourth-order valence-corrected chi connectivity index (χ4v) is 1.61. The number of phenolic OH excluding ortho intramolecular Hbond substituents is 1. The highest BCUT2D eigenvalue weighted by Crippen LogP contribution is 2.28. The number of hydrogen-bond acceptors (Lipinski definition) is 3. The largest absolute Gasteiger partial charge is 0.508 e. The molecule has 0 bridgehead atoms. The number of furan rings is 1. The normalized spacial score (nSPS) is 10.5. The Hall–Kier alpha value is -1.97. The van der Waals surface area contributed by atoms with Crippen molar-refractivity contribution in [3.63, 3.8) is 0 Å². The number of hydrogen-bond donors (Lipinski definition) is 2. The van der Waals surface area contributed by atoms with Gasteiger partial charge in [0.25, 0.3) is 5.91 Å². The van der Waals surface area contributed by atoms with Crippen molar-refractivity contribution in [2.45, 2.75) is 6.92 Å². The van der Waals surface area contributed by atoms with Crippen molar-refractivity contribution in [2.75, 3.05) is 7.05 Å². The highest BCUT2D eigenvalue weighted by atomic mass is 16.3. The van der Waals surface area contributed by atoms with Crippen LogP contribution in [0.15, 0.2) is 22.6 Å². The fourth-order valence-electron chi connectivity index (χ4n) is 1.61. The lowest BCUT2D eigenvalue weighted by atomic mass is 10.1. The first-order chi connectivity index (χ1) is 7.13. The number of carbonyl (C=O) groups excluding carboxylic acids is 1. The van der Waals surface area contributed by atoms with E-state index >= 15 is 0 Å². The Morgan fingerprint density at radius 2 is 2.20 bits per heavy atom. The molecule has 0 spiro atoms. The molecule has 2 aromatic rings. The number of aromatic hydroxyl groups is 1. The lowest BCUT2D eigenvalue weighted by Gasteiger charge is -1.97. The van der Waals surface area contributed by atoms with Crippen molar-refractivity contribution in [3.8, 4) is 5.75 Å². The quantitative estimate of drug-likeness (QED) is 0.746. The zero-order chi connectivity index (χ0) is 11.0. The Kier molecular flexibility index (Phi) is 2.11. The van der Waals surface area contributed by atoms with Crippen molar-refractivity contribution in [3.05, 3.63) is 29.5 Å². The molecule has 0 fully saturated rings. The van der Waals surface area contributed by atoms with Crippen molar-refractivity contribution in [1.29, 1.82) is 0 Å². The molecule has 4 nitrogen and oxygen atoms in total. The summed E-state index contributed by atoms with van der Waals surface area (Å²) in [7, 11) is 1.57. The maximum atomic E-state index is 11.6. The smallest absolute Gasteiger partial charge is 0.255 e. The standard InChI is InChI=1S/C11H11NO3/c1-6-10(11(14)12-2)8-4-3-7(13)5-9(8)15-6/h3-5,13H,1-2H3,(H,12,14)/i2+0. The minimum absolute atomic E-state index is 0.125. The van der Waals surface area contributed by atoms with Gasteiger partial charge in [-0.2, -0.15) is 0 Å². The van der Waals surface area contributed by atoms with Gasteiger partial charge < -0.3 is 14.8 Å². The molecule has 1 aromatic heterocycles. The molecule has 0 aliphatic heterocycles. The number of rotatable bonds is 1. The molecule has 1 amide bonds. The molecule has 2 N–H and O–H groups in total. The highest BCUT2D eigenvalue weighted by molar-refractivity contribution is 6.07. The summed E-state index contributed by atoms with van der Waals surface area (Å²) in [6.45, 7) is 1.72. The van der Waals surface area contributed by atoms with Crippen LogP contribution < -0.4 is 5.32 Å². The van der Waals surface area contributed by atoms with Crippen LogP contribution in [-0.4, -0.2) is 18.1 Å². The average molecular weight is 205 g/mol. The van der Waals surface area contributed by atoms with Gasteiger partial charge in [-0.3, -0.25) is 4.79 Å². The summed E-state index contributed by atoms with van der Waals surface area (Å²) in [6, 6.07) is 4.70. The van der Waals surface area contributed by atoms with E-state index in [0.717, 1.165) is 0 Å². The molecule has 2 rings (SSSR count). The van der Waals surface area contributed by atoms with Gasteiger partial charge in [-0.15, -0.1) is 0 Å². The third-order valence-electron chi connectivity index (χ3n) is 2.30. The number of aryl methyl sites for hydroxylation is 1. The molecular weight excluding hydrogens is 194 g/mol. The minimum atomic E-state index is -0.183. The Morgan fingerprint density at radius 1 is 1.47 bits per heavy atom. The highest BCUT2D eigenvalue weighted by Gasteiger charge is 2.16. The van der Waals surface area contributed by atoms with Gasteiger partial charge in [-0.25, -0.2) is 0 Å². The van der Waals surface area contributed by atoms with E-state index < -0.39 is 0 Å². The van der Waals surface area contributed by atoms with Gasteiger partial charge in [-0.05, 0) is 19.1 Å². The Bertz CT molecular complexity index is 528. The number of amides is 1. The van der Waals surface area contributed by atoms with Crippen molar-refractivity contribution < 1.29 is 14.3 Å². The van der Waals surface area contributed by atoms with Crippen LogP contribution in [0.3, 0.4) is 0 Å². The lowest BCUT2D eigenvalue weighted by Crippen LogP contribution is -2.18. The van der Waals surface area contributed by atoms with E-state index in [-0.39, 0.29) is 11.7 Å². The predicted octanol–water partition coefficient (Wildman–Crippen LogP) is 1.81. The third-order valence-corrected chi connectivity index (χ3v) is 2.30. The maximum Gasteiger partial charge on any atom is 0.255 e. The number of nitrogens with one attached hydrogen (secondary N) is 1. The number of benzene rings is 1. The zero-order valence-electron chi connectivity index (χ0n) is 8.50. The molecule has 0 atom stereocenters. The molecule has 0 aliphatic rings. The first kappa shape index (κ1) is 9.58. The number of fused-ring (bicyclic) bond motifs is 1. The van der Waals surface area contributed by atoms with E-state index in [0.29, 0.717) is 22.3 Å². The average Bonchev–Trinajstić information content (AvgIpc) is 2.52. The van der Waals surface area contributed by atoms with E-state index in [1.165, 1.54) is 12.1 Å². The Labute approximate surface area is 86.5 Å². The third kappa shape index (κ3) is 1.44. The summed E-state index contributed by atoms with van der Waals surface area (Å²) < 4.78 is 5.38. The Morgan fingerprint density at radius 3 is 2.87 bits per heavy atom. The topological polar surface area (TPSA) is 62.5 Å². The summed E-state index contributed by atoms with van der Waals surface area (Å²) in [5.74, 6) is 0.492. The molecule has 0 saturated carbocycles. The van der Waals surface area contributed by atoms with Gasteiger partial charge in [0.2, 0.25) is 0 Å². The van der Waals surface area contributed by atoms with Gasteiger partial charge in [-0.1, -0.05) is 0 Å². The fraction of sp³-hybridized carbons (Fsp3) is 0.182. The van der Waals surface area contributed by atoms with Gasteiger partial charge >= 0.3 is 0 Å². The van der Waals surface area contributed by atoms with Crippen molar-refractivity contribution in [1.82, 2.24) is 5.32 Å². The summed E-state index contributed by atoms with van der Waals surface area (Å²) in [5, 5.41) is 12.5. The van der Waals surface area contributed by atoms with E-state index in [2.05, 4.69) is 5.32 Å². The van der Waals surface area contributed by atoms with Crippen molar-refractivity contribution >= 4 is 16.9 Å².